The molecule has 1 aliphatic heterocycles. The smallest absolute Gasteiger partial charge is 0.263 e. The molecule has 1 amide bonds. The van der Waals surface area contributed by atoms with Gasteiger partial charge >= 0.3 is 0 Å². The second-order valence-corrected chi connectivity index (χ2v) is 10.9. The molecule has 1 fully saturated rings. The van der Waals surface area contributed by atoms with Crippen LogP contribution in [0.2, 0.25) is 0 Å². The topological polar surface area (TPSA) is 87.2 Å². The monoisotopic (exact) mass is 469 g/mol. The van der Waals surface area contributed by atoms with Gasteiger partial charge in [-0.05, 0) is 49.1 Å². The van der Waals surface area contributed by atoms with Crippen LogP contribution in [0.1, 0.15) is 47.4 Å². The fourth-order valence-corrected chi connectivity index (χ4v) is 7.15. The van der Waals surface area contributed by atoms with Gasteiger partial charge in [0.2, 0.25) is 5.91 Å². The first-order valence-corrected chi connectivity index (χ1v) is 12.9. The number of fused-ring (bicyclic) bond motifs is 3. The number of ether oxygens (including phenoxy) is 1. The number of aryl methyl sites for hydroxylation is 1. The maximum atomic E-state index is 13.8. The molecule has 0 radical (unpaired) electrons. The molecule has 2 aromatic heterocycles. The molecule has 0 spiro atoms. The number of carbonyl (C=O) groups excluding carboxylic acids is 1. The van der Waals surface area contributed by atoms with Crippen LogP contribution in [0.4, 0.5) is 0 Å². The fourth-order valence-electron chi connectivity index (χ4n) is 4.67. The van der Waals surface area contributed by atoms with Gasteiger partial charge in [0, 0.05) is 11.5 Å². The van der Waals surface area contributed by atoms with E-state index in [-0.39, 0.29) is 11.7 Å². The predicted octanol–water partition coefficient (Wildman–Crippen LogP) is 4.08. The fraction of sp³-hybridized carbons (Fsp3) is 0.458. The van der Waals surface area contributed by atoms with E-state index >= 15 is 0 Å². The Hall–Kier alpha value is -2.16. The molecule has 1 aliphatic carbocycles. The summed E-state index contributed by atoms with van der Waals surface area (Å²) in [5.41, 5.74) is 7.74. The second kappa shape index (κ2) is 9.00. The number of primary amides is 1. The number of aromatic nitrogens is 2. The van der Waals surface area contributed by atoms with E-state index in [4.69, 9.17) is 15.5 Å². The Kier molecular flexibility index (Phi) is 6.09. The van der Waals surface area contributed by atoms with E-state index in [1.165, 1.54) is 22.2 Å². The zero-order valence-electron chi connectivity index (χ0n) is 18.1. The molecular formula is C24H27N3O3S2. The normalized spacial score (nSPS) is 21.5. The number of rotatable bonds is 6. The van der Waals surface area contributed by atoms with Crippen LogP contribution in [0, 0.1) is 5.92 Å². The van der Waals surface area contributed by atoms with Gasteiger partial charge < -0.3 is 10.5 Å². The summed E-state index contributed by atoms with van der Waals surface area (Å²) in [6.07, 6.45) is 4.93. The highest BCUT2D eigenvalue weighted by Crippen LogP contribution is 2.39. The van der Waals surface area contributed by atoms with Crippen molar-refractivity contribution in [2.45, 2.75) is 62.1 Å². The number of thioether (sulfide) groups is 1. The summed E-state index contributed by atoms with van der Waals surface area (Å²) >= 11 is 2.89. The maximum absolute atomic E-state index is 13.8. The van der Waals surface area contributed by atoms with Gasteiger partial charge in [0.25, 0.3) is 5.56 Å². The van der Waals surface area contributed by atoms with Crippen LogP contribution in [0.25, 0.3) is 10.2 Å². The van der Waals surface area contributed by atoms with Crippen molar-refractivity contribution < 1.29 is 9.53 Å². The first-order valence-electron chi connectivity index (χ1n) is 11.2. The third-order valence-corrected chi connectivity index (χ3v) is 8.79. The van der Waals surface area contributed by atoms with Crippen molar-refractivity contribution >= 4 is 39.2 Å². The van der Waals surface area contributed by atoms with E-state index in [0.717, 1.165) is 54.5 Å². The van der Waals surface area contributed by atoms with Gasteiger partial charge in [-0.1, -0.05) is 49.0 Å². The lowest BCUT2D eigenvalue weighted by Crippen LogP contribution is -2.30. The Balaban J connectivity index is 1.62. The first-order chi connectivity index (χ1) is 15.5. The standard InChI is InChI=1S/C24H27N3O3S2/c1-14-9-10-17-18(12-14)31-22-19(17)23(29)27(13-16-8-5-11-30-16)24(26-22)32-20(21(25)28)15-6-3-2-4-7-15/h2-4,6-7,14,16,20H,5,8-13H2,1H3,(H2,25,28). The number of benzene rings is 1. The van der Waals surface area contributed by atoms with E-state index in [1.54, 1.807) is 15.9 Å². The van der Waals surface area contributed by atoms with Gasteiger partial charge in [-0.15, -0.1) is 11.3 Å². The lowest BCUT2D eigenvalue weighted by atomic mass is 9.89. The minimum Gasteiger partial charge on any atom is -0.376 e. The summed E-state index contributed by atoms with van der Waals surface area (Å²) in [5, 5.41) is 0.679. The molecule has 6 nitrogen and oxygen atoms in total. The molecule has 168 valence electrons. The summed E-state index contributed by atoms with van der Waals surface area (Å²) in [5.74, 6) is 0.175. The Morgan fingerprint density at radius 2 is 2.16 bits per heavy atom. The molecule has 3 heterocycles. The third-order valence-electron chi connectivity index (χ3n) is 6.37. The van der Waals surface area contributed by atoms with Gasteiger partial charge in [-0.2, -0.15) is 0 Å². The summed E-state index contributed by atoms with van der Waals surface area (Å²) in [6.45, 7) is 3.43. The van der Waals surface area contributed by atoms with Crippen LogP contribution < -0.4 is 11.3 Å². The molecular weight excluding hydrogens is 442 g/mol. The van der Waals surface area contributed by atoms with Crippen LogP contribution in [0.15, 0.2) is 40.3 Å². The SMILES string of the molecule is CC1CCc2c(sc3nc(SC(C(N)=O)c4ccccc4)n(CC4CCCO4)c(=O)c23)C1. The van der Waals surface area contributed by atoms with Crippen molar-refractivity contribution in [3.63, 3.8) is 0 Å². The quantitative estimate of drug-likeness (QED) is 0.434. The van der Waals surface area contributed by atoms with Crippen molar-refractivity contribution in [3.8, 4) is 0 Å². The van der Waals surface area contributed by atoms with Crippen molar-refractivity contribution in [2.24, 2.45) is 11.7 Å². The molecule has 0 saturated carbocycles. The van der Waals surface area contributed by atoms with Crippen molar-refractivity contribution in [1.29, 1.82) is 0 Å². The Bertz CT molecular complexity index is 1200. The highest BCUT2D eigenvalue weighted by atomic mass is 32.2. The van der Waals surface area contributed by atoms with E-state index in [1.807, 2.05) is 30.3 Å². The highest BCUT2D eigenvalue weighted by Gasteiger charge is 2.29. The minimum atomic E-state index is -0.620. The average molecular weight is 470 g/mol. The number of hydrogen-bond acceptors (Lipinski definition) is 6. The van der Waals surface area contributed by atoms with Gasteiger partial charge in [-0.25, -0.2) is 4.98 Å². The largest absolute Gasteiger partial charge is 0.376 e. The molecule has 2 N–H and O–H groups in total. The molecule has 0 bridgehead atoms. The predicted molar refractivity (Wildman–Crippen MR) is 128 cm³/mol. The van der Waals surface area contributed by atoms with Crippen LogP contribution in [0.5, 0.6) is 0 Å². The van der Waals surface area contributed by atoms with Crippen molar-refractivity contribution in [1.82, 2.24) is 9.55 Å². The Morgan fingerprint density at radius 3 is 2.88 bits per heavy atom. The first kappa shape index (κ1) is 21.7. The van der Waals surface area contributed by atoms with E-state index in [2.05, 4.69) is 6.92 Å². The Morgan fingerprint density at radius 1 is 1.34 bits per heavy atom. The second-order valence-electron chi connectivity index (χ2n) is 8.79. The molecule has 3 unspecified atom stereocenters. The average Bonchev–Trinajstić information content (AvgIpc) is 3.41. The Labute approximate surface area is 195 Å². The number of amides is 1. The number of nitrogens with zero attached hydrogens (tertiary/aromatic N) is 2. The van der Waals surface area contributed by atoms with E-state index in [0.29, 0.717) is 17.6 Å². The summed E-state index contributed by atoms with van der Waals surface area (Å²) in [6, 6.07) is 9.44. The number of carbonyl (C=O) groups is 1. The van der Waals surface area contributed by atoms with Crippen LogP contribution in [-0.4, -0.2) is 28.2 Å². The van der Waals surface area contributed by atoms with E-state index < -0.39 is 11.2 Å². The van der Waals surface area contributed by atoms with Crippen LogP contribution in [0.3, 0.4) is 0 Å². The summed E-state index contributed by atoms with van der Waals surface area (Å²) < 4.78 is 7.57. The molecule has 1 aromatic carbocycles. The molecule has 2 aliphatic rings. The summed E-state index contributed by atoms with van der Waals surface area (Å²) in [4.78, 5) is 33.1. The van der Waals surface area contributed by atoms with Gasteiger partial charge in [-0.3, -0.25) is 14.2 Å². The molecule has 8 heteroatoms. The zero-order valence-corrected chi connectivity index (χ0v) is 19.7. The zero-order chi connectivity index (χ0) is 22.2. The highest BCUT2D eigenvalue weighted by molar-refractivity contribution is 8.00. The molecule has 1 saturated heterocycles. The van der Waals surface area contributed by atoms with Gasteiger partial charge in [0.05, 0.1) is 18.0 Å². The molecule has 3 aromatic rings. The molecule has 3 atom stereocenters. The van der Waals surface area contributed by atoms with Crippen molar-refractivity contribution in [3.05, 3.63) is 56.7 Å². The lowest BCUT2D eigenvalue weighted by molar-refractivity contribution is -0.117. The third kappa shape index (κ3) is 4.11. The van der Waals surface area contributed by atoms with Gasteiger partial charge in [0.1, 0.15) is 10.1 Å². The van der Waals surface area contributed by atoms with E-state index in [9.17, 15) is 9.59 Å². The number of hydrogen-bond donors (Lipinski definition) is 1. The van der Waals surface area contributed by atoms with Gasteiger partial charge in [0.15, 0.2) is 5.16 Å². The maximum Gasteiger partial charge on any atom is 0.263 e. The number of nitrogens with two attached hydrogens (primary N) is 1. The molecule has 5 rings (SSSR count). The molecule has 32 heavy (non-hydrogen) atoms. The number of thiophene rings is 1. The lowest BCUT2D eigenvalue weighted by Gasteiger charge is -2.20. The van der Waals surface area contributed by atoms with Crippen LogP contribution in [-0.2, 0) is 28.9 Å². The van der Waals surface area contributed by atoms with Crippen LogP contribution >= 0.6 is 23.1 Å². The van der Waals surface area contributed by atoms with Crippen molar-refractivity contribution in [2.75, 3.05) is 6.61 Å². The minimum absolute atomic E-state index is 0.00969. The summed E-state index contributed by atoms with van der Waals surface area (Å²) in [7, 11) is 0.